The first kappa shape index (κ1) is 12.5. The molecule has 0 unspecified atom stereocenters. The van der Waals surface area contributed by atoms with Gasteiger partial charge in [0.2, 0.25) is 0 Å². The van der Waals surface area contributed by atoms with E-state index in [1.54, 1.807) is 11.8 Å². The number of hydrogen-bond donors (Lipinski definition) is 1. The van der Waals surface area contributed by atoms with Gasteiger partial charge in [-0.3, -0.25) is 0 Å². The quantitative estimate of drug-likeness (QED) is 0.623. The number of thiocarbonyl (C=S) groups is 1. The van der Waals surface area contributed by atoms with Crippen LogP contribution in [0, 0.1) is 0 Å². The standard InChI is InChI=1S/C12H17NS2/c1-2-3-9-13-12(14)15-10-11-7-5-4-6-8-11/h4-8H,2-3,9-10H2,1H3,(H,13,14). The van der Waals surface area contributed by atoms with E-state index in [1.165, 1.54) is 18.4 Å². The predicted molar refractivity (Wildman–Crippen MR) is 73.2 cm³/mol. The van der Waals surface area contributed by atoms with E-state index in [1.807, 2.05) is 6.07 Å². The van der Waals surface area contributed by atoms with Gasteiger partial charge in [-0.1, -0.05) is 67.7 Å². The summed E-state index contributed by atoms with van der Waals surface area (Å²) in [5, 5.41) is 3.25. The van der Waals surface area contributed by atoms with Crippen LogP contribution in [0.4, 0.5) is 0 Å². The van der Waals surface area contributed by atoms with E-state index in [0.29, 0.717) is 0 Å². The summed E-state index contributed by atoms with van der Waals surface area (Å²) in [5.74, 6) is 0.957. The molecule has 0 amide bonds. The molecule has 0 saturated carbocycles. The van der Waals surface area contributed by atoms with Crippen LogP contribution in [0.2, 0.25) is 0 Å². The molecule has 1 rings (SSSR count). The van der Waals surface area contributed by atoms with Crippen molar-refractivity contribution in [1.82, 2.24) is 5.32 Å². The van der Waals surface area contributed by atoms with Crippen LogP contribution in [-0.2, 0) is 5.75 Å². The summed E-state index contributed by atoms with van der Waals surface area (Å²) in [6.45, 7) is 3.18. The average Bonchev–Trinajstić information content (AvgIpc) is 2.28. The molecule has 82 valence electrons. The maximum absolute atomic E-state index is 5.22. The topological polar surface area (TPSA) is 12.0 Å². The van der Waals surface area contributed by atoms with Crippen LogP contribution in [0.3, 0.4) is 0 Å². The Morgan fingerprint density at radius 1 is 1.33 bits per heavy atom. The van der Waals surface area contributed by atoms with Gasteiger partial charge in [0.25, 0.3) is 0 Å². The van der Waals surface area contributed by atoms with Crippen LogP contribution < -0.4 is 5.32 Å². The maximum Gasteiger partial charge on any atom is 0.134 e. The van der Waals surface area contributed by atoms with Crippen molar-refractivity contribution < 1.29 is 0 Å². The Hall–Kier alpha value is -0.540. The van der Waals surface area contributed by atoms with Gasteiger partial charge in [0, 0.05) is 12.3 Å². The highest BCUT2D eigenvalue weighted by Crippen LogP contribution is 2.12. The van der Waals surface area contributed by atoms with Crippen LogP contribution in [0.5, 0.6) is 0 Å². The van der Waals surface area contributed by atoms with E-state index in [9.17, 15) is 0 Å². The largest absolute Gasteiger partial charge is 0.371 e. The van der Waals surface area contributed by atoms with Gasteiger partial charge < -0.3 is 5.32 Å². The molecule has 0 spiro atoms. The van der Waals surface area contributed by atoms with Gasteiger partial charge in [-0.2, -0.15) is 0 Å². The summed E-state index contributed by atoms with van der Waals surface area (Å²) in [6, 6.07) is 10.4. The Kier molecular flexibility index (Phi) is 6.44. The highest BCUT2D eigenvalue weighted by Gasteiger charge is 1.97. The van der Waals surface area contributed by atoms with Gasteiger partial charge >= 0.3 is 0 Å². The van der Waals surface area contributed by atoms with E-state index in [-0.39, 0.29) is 0 Å². The van der Waals surface area contributed by atoms with Crippen molar-refractivity contribution in [2.24, 2.45) is 0 Å². The normalized spacial score (nSPS) is 9.93. The minimum atomic E-state index is 0.910. The number of nitrogens with one attached hydrogen (secondary N) is 1. The molecule has 0 aromatic heterocycles. The van der Waals surface area contributed by atoms with E-state index in [0.717, 1.165) is 16.6 Å². The van der Waals surface area contributed by atoms with Crippen molar-refractivity contribution in [3.8, 4) is 0 Å². The lowest BCUT2D eigenvalue weighted by Gasteiger charge is -2.06. The molecule has 1 N–H and O–H groups in total. The van der Waals surface area contributed by atoms with E-state index < -0.39 is 0 Å². The average molecular weight is 239 g/mol. The first-order valence-corrected chi connectivity index (χ1v) is 6.67. The summed E-state index contributed by atoms with van der Waals surface area (Å²) >= 11 is 6.92. The second-order valence-corrected chi connectivity index (χ2v) is 4.99. The Balaban J connectivity index is 2.17. The highest BCUT2D eigenvalue weighted by molar-refractivity contribution is 8.22. The molecule has 0 heterocycles. The Morgan fingerprint density at radius 2 is 2.07 bits per heavy atom. The number of benzene rings is 1. The van der Waals surface area contributed by atoms with Gasteiger partial charge in [-0.05, 0) is 12.0 Å². The zero-order valence-electron chi connectivity index (χ0n) is 9.03. The highest BCUT2D eigenvalue weighted by atomic mass is 32.2. The fourth-order valence-corrected chi connectivity index (χ4v) is 2.11. The summed E-state index contributed by atoms with van der Waals surface area (Å²) < 4.78 is 0.910. The summed E-state index contributed by atoms with van der Waals surface area (Å²) in [7, 11) is 0. The molecule has 3 heteroatoms. The zero-order valence-corrected chi connectivity index (χ0v) is 10.7. The molecule has 0 bridgehead atoms. The second kappa shape index (κ2) is 7.71. The van der Waals surface area contributed by atoms with Crippen molar-refractivity contribution >= 4 is 28.3 Å². The van der Waals surface area contributed by atoms with Crippen LogP contribution in [0.1, 0.15) is 25.3 Å². The Labute approximate surface area is 102 Å². The van der Waals surface area contributed by atoms with Gasteiger partial charge in [0.15, 0.2) is 0 Å². The number of rotatable bonds is 5. The van der Waals surface area contributed by atoms with E-state index in [2.05, 4.69) is 36.5 Å². The first-order valence-electron chi connectivity index (χ1n) is 5.27. The number of thioether (sulfide) groups is 1. The number of hydrogen-bond acceptors (Lipinski definition) is 2. The maximum atomic E-state index is 5.22. The third-order valence-corrected chi connectivity index (χ3v) is 3.39. The first-order chi connectivity index (χ1) is 7.33. The van der Waals surface area contributed by atoms with Gasteiger partial charge in [0.1, 0.15) is 4.32 Å². The van der Waals surface area contributed by atoms with Crippen LogP contribution in [0.25, 0.3) is 0 Å². The molecule has 0 atom stereocenters. The molecule has 0 aliphatic rings. The molecule has 1 nitrogen and oxygen atoms in total. The van der Waals surface area contributed by atoms with E-state index in [4.69, 9.17) is 12.2 Å². The summed E-state index contributed by atoms with van der Waals surface area (Å²) in [5.41, 5.74) is 1.32. The Bertz CT molecular complexity index is 285. The van der Waals surface area contributed by atoms with E-state index >= 15 is 0 Å². The smallest absolute Gasteiger partial charge is 0.134 e. The van der Waals surface area contributed by atoms with Crippen LogP contribution >= 0.6 is 24.0 Å². The lowest BCUT2D eigenvalue weighted by molar-refractivity contribution is 0.762. The van der Waals surface area contributed by atoms with Crippen molar-refractivity contribution in [1.29, 1.82) is 0 Å². The van der Waals surface area contributed by atoms with Gasteiger partial charge in [-0.25, -0.2) is 0 Å². The summed E-state index contributed by atoms with van der Waals surface area (Å²) in [4.78, 5) is 0. The van der Waals surface area contributed by atoms with Gasteiger partial charge in [0.05, 0.1) is 0 Å². The van der Waals surface area contributed by atoms with Crippen molar-refractivity contribution in [2.75, 3.05) is 6.54 Å². The molecule has 0 aliphatic carbocycles. The second-order valence-electron chi connectivity index (χ2n) is 3.34. The molecule has 0 radical (unpaired) electrons. The van der Waals surface area contributed by atoms with Crippen molar-refractivity contribution in [3.05, 3.63) is 35.9 Å². The fourth-order valence-electron chi connectivity index (χ4n) is 1.14. The molecule has 0 fully saturated rings. The van der Waals surface area contributed by atoms with Crippen LogP contribution in [-0.4, -0.2) is 10.9 Å². The minimum Gasteiger partial charge on any atom is -0.371 e. The molecule has 1 aromatic carbocycles. The Morgan fingerprint density at radius 3 is 2.73 bits per heavy atom. The molecule has 0 saturated heterocycles. The minimum absolute atomic E-state index is 0.910. The number of unbranched alkanes of at least 4 members (excludes halogenated alkanes) is 1. The van der Waals surface area contributed by atoms with Gasteiger partial charge in [-0.15, -0.1) is 0 Å². The molecule has 1 aromatic rings. The molecule has 15 heavy (non-hydrogen) atoms. The lowest BCUT2D eigenvalue weighted by atomic mass is 10.2. The molecule has 0 aliphatic heterocycles. The molecular weight excluding hydrogens is 222 g/mol. The SMILES string of the molecule is CCCCNC(=S)SCc1ccccc1. The lowest BCUT2D eigenvalue weighted by Crippen LogP contribution is -2.19. The van der Waals surface area contributed by atoms with Crippen molar-refractivity contribution in [3.63, 3.8) is 0 Å². The third kappa shape index (κ3) is 5.80. The third-order valence-electron chi connectivity index (χ3n) is 2.01. The van der Waals surface area contributed by atoms with Crippen LogP contribution in [0.15, 0.2) is 30.3 Å². The monoisotopic (exact) mass is 239 g/mol. The summed E-state index contributed by atoms with van der Waals surface area (Å²) in [6.07, 6.45) is 2.39. The predicted octanol–water partition coefficient (Wildman–Crippen LogP) is 3.59. The zero-order chi connectivity index (χ0) is 10.9. The fraction of sp³-hybridized carbons (Fsp3) is 0.417. The van der Waals surface area contributed by atoms with Crippen molar-refractivity contribution in [2.45, 2.75) is 25.5 Å². The molecular formula is C12H17NS2.